The van der Waals surface area contributed by atoms with E-state index in [4.69, 9.17) is 9.97 Å². The van der Waals surface area contributed by atoms with Gasteiger partial charge in [0.05, 0.1) is 12.6 Å². The van der Waals surface area contributed by atoms with E-state index in [0.717, 1.165) is 30.4 Å². The van der Waals surface area contributed by atoms with Crippen molar-refractivity contribution in [1.82, 2.24) is 9.97 Å². The molecule has 0 fully saturated rings. The summed E-state index contributed by atoms with van der Waals surface area (Å²) in [5.74, 6) is 3.14. The van der Waals surface area contributed by atoms with Crippen molar-refractivity contribution in [2.75, 3.05) is 16.8 Å². The quantitative estimate of drug-likeness (QED) is 0.807. The average molecular weight is 369 g/mol. The van der Waals surface area contributed by atoms with Gasteiger partial charge in [0.25, 0.3) is 0 Å². The lowest BCUT2D eigenvalue weighted by Gasteiger charge is -2.36. The van der Waals surface area contributed by atoms with Gasteiger partial charge >= 0.3 is 0 Å². The summed E-state index contributed by atoms with van der Waals surface area (Å²) in [7, 11) is 0. The predicted molar refractivity (Wildman–Crippen MR) is 111 cm³/mol. The van der Waals surface area contributed by atoms with Crippen LogP contribution in [0.5, 0.6) is 0 Å². The van der Waals surface area contributed by atoms with Crippen molar-refractivity contribution in [2.24, 2.45) is 5.92 Å². The second-order valence-electron chi connectivity index (χ2n) is 8.25. The summed E-state index contributed by atoms with van der Waals surface area (Å²) in [5, 5.41) is 13.1. The van der Waals surface area contributed by atoms with E-state index in [1.54, 1.807) is 0 Å². The Labute approximate surface area is 162 Å². The van der Waals surface area contributed by atoms with E-state index in [9.17, 15) is 5.11 Å². The molecule has 3 rings (SSSR count). The second kappa shape index (κ2) is 8.26. The molecule has 2 heterocycles. The van der Waals surface area contributed by atoms with Crippen LogP contribution in [-0.4, -0.2) is 33.8 Å². The average Bonchev–Trinajstić information content (AvgIpc) is 2.65. The normalized spacial score (nSPS) is 17.9. The molecule has 0 spiro atoms. The zero-order valence-electron chi connectivity index (χ0n) is 17.1. The lowest BCUT2D eigenvalue weighted by molar-refractivity contribution is 0.249. The standard InChI is InChI=1S/C22H32N4O/c1-14(2)19(13-27)23-20-11-21(25-22(24-20)15(3)4)26-12-18-9-7-6-8-17(18)10-16(26)5/h6-9,11,14-16,19,27H,10,12-13H2,1-5H3,(H,23,24,25)/t16-,19+/m0/s1. The Kier molecular flexibility index (Phi) is 6.00. The predicted octanol–water partition coefficient (Wildman–Crippen LogP) is 3.98. The van der Waals surface area contributed by atoms with Crippen molar-refractivity contribution >= 4 is 11.6 Å². The van der Waals surface area contributed by atoms with Gasteiger partial charge in [0.2, 0.25) is 0 Å². The highest BCUT2D eigenvalue weighted by molar-refractivity contribution is 5.53. The molecule has 0 saturated heterocycles. The summed E-state index contributed by atoms with van der Waals surface area (Å²) in [6.45, 7) is 11.6. The molecular formula is C22H32N4O. The van der Waals surface area contributed by atoms with E-state index in [1.165, 1.54) is 11.1 Å². The van der Waals surface area contributed by atoms with E-state index < -0.39 is 0 Å². The number of nitrogens with zero attached hydrogens (tertiary/aromatic N) is 3. The maximum atomic E-state index is 9.69. The minimum absolute atomic E-state index is 0.0210. The molecule has 1 aromatic carbocycles. The number of rotatable bonds is 6. The fourth-order valence-corrected chi connectivity index (χ4v) is 3.53. The minimum Gasteiger partial charge on any atom is -0.394 e. The van der Waals surface area contributed by atoms with Crippen LogP contribution in [0.1, 0.15) is 57.5 Å². The highest BCUT2D eigenvalue weighted by Crippen LogP contribution is 2.29. The summed E-state index contributed by atoms with van der Waals surface area (Å²) in [6, 6.07) is 11.0. The summed E-state index contributed by atoms with van der Waals surface area (Å²) in [5.41, 5.74) is 2.79. The van der Waals surface area contributed by atoms with E-state index in [2.05, 4.69) is 69.1 Å². The molecule has 1 aliphatic heterocycles. The number of fused-ring (bicyclic) bond motifs is 1. The van der Waals surface area contributed by atoms with Crippen LogP contribution >= 0.6 is 0 Å². The van der Waals surface area contributed by atoms with Crippen molar-refractivity contribution in [1.29, 1.82) is 0 Å². The topological polar surface area (TPSA) is 61.3 Å². The molecule has 0 unspecified atom stereocenters. The van der Waals surface area contributed by atoms with E-state index in [-0.39, 0.29) is 18.6 Å². The first-order valence-corrected chi connectivity index (χ1v) is 9.98. The highest BCUT2D eigenvalue weighted by atomic mass is 16.3. The molecule has 0 amide bonds. The van der Waals surface area contributed by atoms with Crippen molar-refractivity contribution in [3.8, 4) is 0 Å². The Morgan fingerprint density at radius 2 is 1.85 bits per heavy atom. The largest absolute Gasteiger partial charge is 0.394 e. The van der Waals surface area contributed by atoms with Crippen molar-refractivity contribution in [3.05, 3.63) is 47.3 Å². The molecule has 2 N–H and O–H groups in total. The van der Waals surface area contributed by atoms with Crippen LogP contribution in [0.15, 0.2) is 30.3 Å². The van der Waals surface area contributed by atoms with Crippen molar-refractivity contribution < 1.29 is 5.11 Å². The monoisotopic (exact) mass is 368 g/mol. The van der Waals surface area contributed by atoms with Crippen LogP contribution in [-0.2, 0) is 13.0 Å². The zero-order valence-corrected chi connectivity index (χ0v) is 17.1. The highest BCUT2D eigenvalue weighted by Gasteiger charge is 2.25. The molecule has 0 bridgehead atoms. The lowest BCUT2D eigenvalue weighted by atomic mass is 9.95. The zero-order chi connectivity index (χ0) is 19.6. The van der Waals surface area contributed by atoms with Crippen LogP contribution in [0.4, 0.5) is 11.6 Å². The molecule has 2 aromatic rings. The van der Waals surface area contributed by atoms with Crippen LogP contribution < -0.4 is 10.2 Å². The van der Waals surface area contributed by atoms with Gasteiger partial charge in [-0.25, -0.2) is 9.97 Å². The number of aliphatic hydroxyl groups excluding tert-OH is 1. The van der Waals surface area contributed by atoms with E-state index in [0.29, 0.717) is 12.0 Å². The van der Waals surface area contributed by atoms with Crippen molar-refractivity contribution in [2.45, 2.75) is 65.6 Å². The number of benzene rings is 1. The fourth-order valence-electron chi connectivity index (χ4n) is 3.53. The molecular weight excluding hydrogens is 336 g/mol. The first kappa shape index (κ1) is 19.6. The Balaban J connectivity index is 1.95. The molecule has 1 aromatic heterocycles. The SMILES string of the molecule is CC(C)c1nc(N[C@H](CO)C(C)C)cc(N2Cc3ccccc3C[C@@H]2C)n1. The maximum absolute atomic E-state index is 9.69. The Morgan fingerprint density at radius 1 is 1.15 bits per heavy atom. The van der Waals surface area contributed by atoms with Gasteiger partial charge in [-0.15, -0.1) is 0 Å². The lowest BCUT2D eigenvalue weighted by Crippen LogP contribution is -2.39. The van der Waals surface area contributed by atoms with Gasteiger partial charge in [0.1, 0.15) is 17.5 Å². The molecule has 0 radical (unpaired) electrons. The van der Waals surface area contributed by atoms with Crippen molar-refractivity contribution in [3.63, 3.8) is 0 Å². The summed E-state index contributed by atoms with van der Waals surface area (Å²) >= 11 is 0. The first-order valence-electron chi connectivity index (χ1n) is 9.98. The van der Waals surface area contributed by atoms with Crippen LogP contribution in [0, 0.1) is 5.92 Å². The Bertz CT molecular complexity index is 775. The van der Waals surface area contributed by atoms with Gasteiger partial charge in [0, 0.05) is 24.6 Å². The summed E-state index contributed by atoms with van der Waals surface area (Å²) < 4.78 is 0. The molecule has 27 heavy (non-hydrogen) atoms. The Morgan fingerprint density at radius 3 is 2.48 bits per heavy atom. The number of hydrogen-bond acceptors (Lipinski definition) is 5. The van der Waals surface area contributed by atoms with Gasteiger partial charge in [-0.05, 0) is 30.4 Å². The first-order chi connectivity index (χ1) is 12.9. The second-order valence-corrected chi connectivity index (χ2v) is 8.25. The number of hydrogen-bond donors (Lipinski definition) is 2. The van der Waals surface area contributed by atoms with Crippen LogP contribution in [0.25, 0.3) is 0 Å². The van der Waals surface area contributed by atoms with E-state index in [1.807, 2.05) is 6.07 Å². The minimum atomic E-state index is -0.0210. The van der Waals surface area contributed by atoms with Gasteiger partial charge in [-0.2, -0.15) is 0 Å². The third-order valence-electron chi connectivity index (χ3n) is 5.38. The summed E-state index contributed by atoms with van der Waals surface area (Å²) in [4.78, 5) is 11.9. The molecule has 2 atom stereocenters. The Hall–Kier alpha value is -2.14. The molecule has 0 aliphatic carbocycles. The van der Waals surface area contributed by atoms with Crippen LogP contribution in [0.3, 0.4) is 0 Å². The molecule has 5 heteroatoms. The summed E-state index contributed by atoms with van der Waals surface area (Å²) in [6.07, 6.45) is 1.02. The van der Waals surface area contributed by atoms with Gasteiger partial charge in [0.15, 0.2) is 0 Å². The van der Waals surface area contributed by atoms with Gasteiger partial charge in [-0.3, -0.25) is 0 Å². The van der Waals surface area contributed by atoms with Crippen LogP contribution in [0.2, 0.25) is 0 Å². The molecule has 5 nitrogen and oxygen atoms in total. The third-order valence-corrected chi connectivity index (χ3v) is 5.38. The number of nitrogens with one attached hydrogen (secondary N) is 1. The third kappa shape index (κ3) is 4.41. The number of aromatic nitrogens is 2. The molecule has 146 valence electrons. The fraction of sp³-hybridized carbons (Fsp3) is 0.545. The molecule has 1 aliphatic rings. The van der Waals surface area contributed by atoms with E-state index >= 15 is 0 Å². The maximum Gasteiger partial charge on any atom is 0.135 e. The smallest absolute Gasteiger partial charge is 0.135 e. The molecule has 0 saturated carbocycles. The number of anilines is 2. The van der Waals surface area contributed by atoms with Gasteiger partial charge < -0.3 is 15.3 Å². The number of aliphatic hydroxyl groups is 1. The van der Waals surface area contributed by atoms with Gasteiger partial charge in [-0.1, -0.05) is 52.0 Å².